The quantitative estimate of drug-likeness (QED) is 0.458. The highest BCUT2D eigenvalue weighted by Gasteiger charge is 2.21. The maximum Gasteiger partial charge on any atom is 0.328 e. The number of methoxy groups -OCH3 is 1. The van der Waals surface area contributed by atoms with Gasteiger partial charge >= 0.3 is 11.0 Å². The topological polar surface area (TPSA) is 95.5 Å². The van der Waals surface area contributed by atoms with Gasteiger partial charge < -0.3 is 10.5 Å². The standard InChI is InChI=1S/C7H8N2O4S/c1-13-7(10)6(8)4-2-3-5(14-4)9(11)12/h2-3,6H,8H2,1H3. The van der Waals surface area contributed by atoms with E-state index < -0.39 is 16.9 Å². The molecule has 6 nitrogen and oxygen atoms in total. The maximum atomic E-state index is 11.0. The van der Waals surface area contributed by atoms with E-state index in [1.807, 2.05) is 0 Å². The van der Waals surface area contributed by atoms with Crippen molar-refractivity contribution in [3.05, 3.63) is 27.1 Å². The van der Waals surface area contributed by atoms with Crippen LogP contribution in [-0.2, 0) is 9.53 Å². The number of esters is 1. The average Bonchev–Trinajstić information content (AvgIpc) is 2.64. The van der Waals surface area contributed by atoms with Gasteiger partial charge in [-0.3, -0.25) is 10.1 Å². The monoisotopic (exact) mass is 216 g/mol. The Labute approximate surface area is 83.4 Å². The molecule has 0 saturated heterocycles. The fourth-order valence-corrected chi connectivity index (χ4v) is 1.66. The van der Waals surface area contributed by atoms with Gasteiger partial charge in [0.2, 0.25) is 0 Å². The molecule has 0 saturated carbocycles. The highest BCUT2D eigenvalue weighted by molar-refractivity contribution is 7.15. The van der Waals surface area contributed by atoms with Crippen LogP contribution < -0.4 is 5.73 Å². The zero-order valence-electron chi connectivity index (χ0n) is 7.30. The van der Waals surface area contributed by atoms with Gasteiger partial charge in [-0.15, -0.1) is 0 Å². The number of thiophene rings is 1. The van der Waals surface area contributed by atoms with Gasteiger partial charge in [0.15, 0.2) is 0 Å². The van der Waals surface area contributed by atoms with Crippen LogP contribution in [0.5, 0.6) is 0 Å². The van der Waals surface area contributed by atoms with Crippen LogP contribution in [0.4, 0.5) is 5.00 Å². The number of nitrogens with zero attached hydrogens (tertiary/aromatic N) is 1. The first-order valence-electron chi connectivity index (χ1n) is 3.63. The number of nitrogens with two attached hydrogens (primary N) is 1. The first-order valence-corrected chi connectivity index (χ1v) is 4.45. The lowest BCUT2D eigenvalue weighted by Crippen LogP contribution is -2.21. The smallest absolute Gasteiger partial charge is 0.328 e. The minimum Gasteiger partial charge on any atom is -0.468 e. The summed E-state index contributed by atoms with van der Waals surface area (Å²) in [6, 6.07) is 1.81. The summed E-state index contributed by atoms with van der Waals surface area (Å²) in [6.07, 6.45) is 0. The number of rotatable bonds is 3. The first kappa shape index (κ1) is 10.6. The second kappa shape index (κ2) is 4.16. The Balaban J connectivity index is 2.86. The molecular formula is C7H8N2O4S. The van der Waals surface area contributed by atoms with Gasteiger partial charge in [-0.25, -0.2) is 4.79 Å². The zero-order valence-corrected chi connectivity index (χ0v) is 8.11. The van der Waals surface area contributed by atoms with Crippen molar-refractivity contribution in [2.24, 2.45) is 5.73 Å². The predicted molar refractivity (Wildman–Crippen MR) is 49.9 cm³/mol. The molecule has 1 unspecified atom stereocenters. The minimum atomic E-state index is -0.946. The molecule has 0 spiro atoms. The number of carbonyl (C=O) groups is 1. The van der Waals surface area contributed by atoms with E-state index in [1.54, 1.807) is 0 Å². The second-order valence-electron chi connectivity index (χ2n) is 2.43. The Morgan fingerprint density at radius 2 is 2.36 bits per heavy atom. The van der Waals surface area contributed by atoms with Gasteiger partial charge in [-0.05, 0) is 6.07 Å². The van der Waals surface area contributed by atoms with Crippen molar-refractivity contribution in [1.29, 1.82) is 0 Å². The molecule has 0 fully saturated rings. The van der Waals surface area contributed by atoms with Crippen LogP contribution >= 0.6 is 11.3 Å². The van der Waals surface area contributed by atoms with Gasteiger partial charge in [-0.1, -0.05) is 11.3 Å². The Morgan fingerprint density at radius 3 is 2.79 bits per heavy atom. The van der Waals surface area contributed by atoms with Gasteiger partial charge in [0.25, 0.3) is 0 Å². The molecule has 0 radical (unpaired) electrons. The van der Waals surface area contributed by atoms with E-state index in [4.69, 9.17) is 5.73 Å². The Morgan fingerprint density at radius 1 is 1.71 bits per heavy atom. The number of carbonyl (C=O) groups excluding carboxylic acids is 1. The average molecular weight is 216 g/mol. The molecule has 14 heavy (non-hydrogen) atoms. The molecule has 1 aromatic rings. The van der Waals surface area contributed by atoms with E-state index in [1.165, 1.54) is 19.2 Å². The van der Waals surface area contributed by atoms with Crippen LogP contribution in [-0.4, -0.2) is 18.0 Å². The van der Waals surface area contributed by atoms with E-state index in [0.29, 0.717) is 4.88 Å². The van der Waals surface area contributed by atoms with Crippen molar-refractivity contribution < 1.29 is 14.5 Å². The van der Waals surface area contributed by atoms with Gasteiger partial charge in [0, 0.05) is 10.9 Å². The molecule has 0 aromatic carbocycles. The van der Waals surface area contributed by atoms with Crippen molar-refractivity contribution in [1.82, 2.24) is 0 Å². The molecule has 0 bridgehead atoms. The molecular weight excluding hydrogens is 208 g/mol. The van der Waals surface area contributed by atoms with E-state index in [2.05, 4.69) is 4.74 Å². The van der Waals surface area contributed by atoms with Crippen molar-refractivity contribution in [3.63, 3.8) is 0 Å². The summed E-state index contributed by atoms with van der Waals surface area (Å²) in [4.78, 5) is 21.2. The third-order valence-corrected chi connectivity index (χ3v) is 2.67. The second-order valence-corrected chi connectivity index (χ2v) is 3.53. The van der Waals surface area contributed by atoms with E-state index >= 15 is 0 Å². The van der Waals surface area contributed by atoms with Crippen LogP contribution in [0.3, 0.4) is 0 Å². The lowest BCUT2D eigenvalue weighted by atomic mass is 10.2. The summed E-state index contributed by atoms with van der Waals surface area (Å²) in [6.45, 7) is 0. The molecule has 76 valence electrons. The van der Waals surface area contributed by atoms with Crippen LogP contribution in [0.25, 0.3) is 0 Å². The van der Waals surface area contributed by atoms with Gasteiger partial charge in [-0.2, -0.15) is 0 Å². The summed E-state index contributed by atoms with van der Waals surface area (Å²) < 4.78 is 4.41. The van der Waals surface area contributed by atoms with E-state index in [9.17, 15) is 14.9 Å². The van der Waals surface area contributed by atoms with E-state index in [0.717, 1.165) is 11.3 Å². The maximum absolute atomic E-state index is 11.0. The summed E-state index contributed by atoms with van der Waals surface area (Å²) >= 11 is 0.868. The summed E-state index contributed by atoms with van der Waals surface area (Å²) in [5.41, 5.74) is 5.48. The zero-order chi connectivity index (χ0) is 10.7. The molecule has 0 aliphatic carbocycles. The Kier molecular flexibility index (Phi) is 3.15. The van der Waals surface area contributed by atoms with E-state index in [-0.39, 0.29) is 5.00 Å². The van der Waals surface area contributed by atoms with Gasteiger partial charge in [0.05, 0.1) is 12.0 Å². The molecule has 1 rings (SSSR count). The molecule has 0 amide bonds. The molecule has 2 N–H and O–H groups in total. The van der Waals surface area contributed by atoms with Crippen LogP contribution in [0.2, 0.25) is 0 Å². The van der Waals surface area contributed by atoms with Crippen LogP contribution in [0, 0.1) is 10.1 Å². The minimum absolute atomic E-state index is 0.0423. The molecule has 7 heteroatoms. The summed E-state index contributed by atoms with van der Waals surface area (Å²) in [7, 11) is 1.21. The largest absolute Gasteiger partial charge is 0.468 e. The lowest BCUT2D eigenvalue weighted by Gasteiger charge is -2.04. The van der Waals surface area contributed by atoms with Crippen molar-refractivity contribution in [2.45, 2.75) is 6.04 Å². The number of hydrogen-bond donors (Lipinski definition) is 1. The highest BCUT2D eigenvalue weighted by Crippen LogP contribution is 2.28. The molecule has 0 aliphatic heterocycles. The van der Waals surface area contributed by atoms with Crippen LogP contribution in [0.15, 0.2) is 12.1 Å². The highest BCUT2D eigenvalue weighted by atomic mass is 32.1. The third kappa shape index (κ3) is 2.06. The van der Waals surface area contributed by atoms with Crippen molar-refractivity contribution in [3.8, 4) is 0 Å². The fourth-order valence-electron chi connectivity index (χ4n) is 0.851. The first-order chi connectivity index (χ1) is 6.56. The molecule has 1 heterocycles. The summed E-state index contributed by atoms with van der Waals surface area (Å²) in [5.74, 6) is -0.609. The summed E-state index contributed by atoms with van der Waals surface area (Å²) in [5, 5.41) is 10.3. The molecule has 1 aromatic heterocycles. The van der Waals surface area contributed by atoms with Crippen molar-refractivity contribution >= 4 is 22.3 Å². The number of ether oxygens (including phenoxy) is 1. The predicted octanol–water partition coefficient (Wildman–Crippen LogP) is 0.829. The Hall–Kier alpha value is -1.47. The Bertz CT molecular complexity index is 362. The molecule has 0 aliphatic rings. The van der Waals surface area contributed by atoms with Crippen molar-refractivity contribution in [2.75, 3.05) is 7.11 Å². The SMILES string of the molecule is COC(=O)C(N)c1ccc([N+](=O)[O-])s1. The fraction of sp³-hybridized carbons (Fsp3) is 0.286. The molecule has 1 atom stereocenters. The number of hydrogen-bond acceptors (Lipinski definition) is 6. The van der Waals surface area contributed by atoms with Crippen LogP contribution in [0.1, 0.15) is 10.9 Å². The lowest BCUT2D eigenvalue weighted by molar-refractivity contribution is -0.380. The van der Waals surface area contributed by atoms with Gasteiger partial charge in [0.1, 0.15) is 6.04 Å². The normalized spacial score (nSPS) is 12.1. The third-order valence-electron chi connectivity index (χ3n) is 1.55. The number of nitro groups is 1.